The van der Waals surface area contributed by atoms with E-state index in [1.165, 1.54) is 5.56 Å². The normalized spacial score (nSPS) is 11.4. The van der Waals surface area contributed by atoms with Gasteiger partial charge >= 0.3 is 0 Å². The molecule has 2 aromatic heterocycles. The molecule has 0 saturated carbocycles. The van der Waals surface area contributed by atoms with Crippen LogP contribution in [0.5, 0.6) is 0 Å². The Morgan fingerprint density at radius 2 is 2.00 bits per heavy atom. The SMILES string of the molecule is CC(C)c1cnc2c(C[CH]c3ccccc3)nc(Cl)cn12. The van der Waals surface area contributed by atoms with Crippen molar-refractivity contribution < 1.29 is 0 Å². The number of hydrogen-bond acceptors (Lipinski definition) is 2. The van der Waals surface area contributed by atoms with E-state index in [0.717, 1.165) is 17.0 Å². The Hall–Kier alpha value is -1.87. The quantitative estimate of drug-likeness (QED) is 0.719. The van der Waals surface area contributed by atoms with E-state index in [4.69, 9.17) is 11.6 Å². The fourth-order valence-corrected chi connectivity index (χ4v) is 2.60. The van der Waals surface area contributed by atoms with Gasteiger partial charge in [-0.3, -0.25) is 4.40 Å². The Morgan fingerprint density at radius 1 is 1.24 bits per heavy atom. The summed E-state index contributed by atoms with van der Waals surface area (Å²) in [7, 11) is 0. The van der Waals surface area contributed by atoms with Crippen molar-refractivity contribution in [2.24, 2.45) is 0 Å². The van der Waals surface area contributed by atoms with E-state index in [2.05, 4.69) is 42.4 Å². The summed E-state index contributed by atoms with van der Waals surface area (Å²) >= 11 is 6.17. The largest absolute Gasteiger partial charge is 0.299 e. The second-order valence-corrected chi connectivity index (χ2v) is 5.75. The van der Waals surface area contributed by atoms with Crippen molar-refractivity contribution in [2.45, 2.75) is 26.2 Å². The Morgan fingerprint density at radius 3 is 2.71 bits per heavy atom. The van der Waals surface area contributed by atoms with Gasteiger partial charge in [0.2, 0.25) is 0 Å². The first kappa shape index (κ1) is 14.1. The summed E-state index contributed by atoms with van der Waals surface area (Å²) < 4.78 is 2.05. The van der Waals surface area contributed by atoms with E-state index in [9.17, 15) is 0 Å². The lowest BCUT2D eigenvalue weighted by atomic mass is 10.1. The maximum Gasteiger partial charge on any atom is 0.158 e. The molecule has 3 rings (SSSR count). The zero-order valence-electron chi connectivity index (χ0n) is 12.1. The number of imidazole rings is 1. The van der Waals surface area contributed by atoms with Crippen LogP contribution in [0.15, 0.2) is 42.7 Å². The van der Waals surface area contributed by atoms with Gasteiger partial charge in [0.15, 0.2) is 5.65 Å². The zero-order valence-corrected chi connectivity index (χ0v) is 12.9. The molecule has 0 aliphatic heterocycles. The number of rotatable bonds is 4. The smallest absolute Gasteiger partial charge is 0.158 e. The molecular formula is C17H17ClN3. The molecule has 0 saturated heterocycles. The highest BCUT2D eigenvalue weighted by atomic mass is 35.5. The van der Waals surface area contributed by atoms with E-state index in [1.54, 1.807) is 0 Å². The summed E-state index contributed by atoms with van der Waals surface area (Å²) in [5.41, 5.74) is 4.11. The number of halogens is 1. The first-order valence-corrected chi connectivity index (χ1v) is 7.43. The van der Waals surface area contributed by atoms with Crippen LogP contribution in [0.2, 0.25) is 5.15 Å². The van der Waals surface area contributed by atoms with Crippen LogP contribution in [-0.4, -0.2) is 14.4 Å². The highest BCUT2D eigenvalue weighted by Crippen LogP contribution is 2.21. The summed E-state index contributed by atoms with van der Waals surface area (Å²) in [6.07, 6.45) is 6.60. The van der Waals surface area contributed by atoms with Crippen LogP contribution >= 0.6 is 11.6 Å². The van der Waals surface area contributed by atoms with Crippen LogP contribution in [0.1, 0.15) is 36.7 Å². The van der Waals surface area contributed by atoms with Gasteiger partial charge in [-0.05, 0) is 17.9 Å². The molecule has 2 heterocycles. The summed E-state index contributed by atoms with van der Waals surface area (Å²) in [6.45, 7) is 4.29. The molecule has 1 radical (unpaired) electrons. The average Bonchev–Trinajstić information content (AvgIpc) is 2.89. The van der Waals surface area contributed by atoms with E-state index in [-0.39, 0.29) is 0 Å². The standard InChI is InChI=1S/C17H17ClN3/c1-12(2)15-10-19-17-14(20-16(18)11-21(15)17)9-8-13-6-4-3-5-7-13/h3-8,10-12H,9H2,1-2H3. The summed E-state index contributed by atoms with van der Waals surface area (Å²) in [4.78, 5) is 8.95. The van der Waals surface area contributed by atoms with Crippen molar-refractivity contribution in [3.05, 3.63) is 71.3 Å². The maximum absolute atomic E-state index is 6.17. The lowest BCUT2D eigenvalue weighted by Crippen LogP contribution is -2.01. The minimum Gasteiger partial charge on any atom is -0.299 e. The molecule has 0 bridgehead atoms. The Kier molecular flexibility index (Phi) is 3.93. The third-order valence-electron chi connectivity index (χ3n) is 3.48. The molecule has 0 aliphatic carbocycles. The van der Waals surface area contributed by atoms with Crippen molar-refractivity contribution in [2.75, 3.05) is 0 Å². The molecule has 107 valence electrons. The molecule has 1 aromatic carbocycles. The van der Waals surface area contributed by atoms with Crippen LogP contribution in [-0.2, 0) is 6.42 Å². The van der Waals surface area contributed by atoms with Gasteiger partial charge in [-0.1, -0.05) is 55.8 Å². The molecule has 21 heavy (non-hydrogen) atoms. The van der Waals surface area contributed by atoms with Gasteiger partial charge in [-0.25, -0.2) is 9.97 Å². The molecule has 0 spiro atoms. The zero-order chi connectivity index (χ0) is 14.8. The second kappa shape index (κ2) is 5.86. The third-order valence-corrected chi connectivity index (χ3v) is 3.67. The van der Waals surface area contributed by atoms with Crippen molar-refractivity contribution in [3.63, 3.8) is 0 Å². The molecular weight excluding hydrogens is 282 g/mol. The Bertz CT molecular complexity index is 747. The van der Waals surface area contributed by atoms with Gasteiger partial charge in [-0.15, -0.1) is 0 Å². The van der Waals surface area contributed by atoms with Crippen molar-refractivity contribution in [1.29, 1.82) is 0 Å². The van der Waals surface area contributed by atoms with Crippen molar-refractivity contribution >= 4 is 17.2 Å². The fourth-order valence-electron chi connectivity index (χ4n) is 2.41. The van der Waals surface area contributed by atoms with Crippen molar-refractivity contribution in [1.82, 2.24) is 14.4 Å². The molecule has 3 aromatic rings. The molecule has 0 atom stereocenters. The first-order chi connectivity index (χ1) is 10.1. The van der Waals surface area contributed by atoms with Crippen LogP contribution in [0.4, 0.5) is 0 Å². The third kappa shape index (κ3) is 2.93. The lowest BCUT2D eigenvalue weighted by molar-refractivity contribution is 0.804. The predicted molar refractivity (Wildman–Crippen MR) is 85.6 cm³/mol. The highest BCUT2D eigenvalue weighted by molar-refractivity contribution is 6.29. The number of fused-ring (bicyclic) bond motifs is 1. The van der Waals surface area contributed by atoms with E-state index in [1.807, 2.05) is 35.0 Å². The summed E-state index contributed by atoms with van der Waals surface area (Å²) in [6, 6.07) is 10.2. The number of hydrogen-bond donors (Lipinski definition) is 0. The van der Waals surface area contributed by atoms with Gasteiger partial charge in [0.1, 0.15) is 5.15 Å². The van der Waals surface area contributed by atoms with Gasteiger partial charge in [0, 0.05) is 24.5 Å². The molecule has 0 fully saturated rings. The van der Waals surface area contributed by atoms with Gasteiger partial charge < -0.3 is 0 Å². The van der Waals surface area contributed by atoms with Gasteiger partial charge in [-0.2, -0.15) is 0 Å². The molecule has 0 amide bonds. The first-order valence-electron chi connectivity index (χ1n) is 7.06. The number of nitrogens with zero attached hydrogens (tertiary/aromatic N) is 3. The summed E-state index contributed by atoms with van der Waals surface area (Å²) in [5.74, 6) is 0.393. The number of benzene rings is 1. The predicted octanol–water partition coefficient (Wildman–Crippen LogP) is 4.30. The topological polar surface area (TPSA) is 30.2 Å². The van der Waals surface area contributed by atoms with Gasteiger partial charge in [0.25, 0.3) is 0 Å². The minimum atomic E-state index is 0.393. The van der Waals surface area contributed by atoms with Crippen LogP contribution in [0, 0.1) is 6.42 Å². The van der Waals surface area contributed by atoms with E-state index < -0.39 is 0 Å². The molecule has 3 nitrogen and oxygen atoms in total. The highest BCUT2D eigenvalue weighted by Gasteiger charge is 2.13. The molecule has 0 N–H and O–H groups in total. The number of aromatic nitrogens is 3. The molecule has 0 unspecified atom stereocenters. The monoisotopic (exact) mass is 298 g/mol. The summed E-state index contributed by atoms with van der Waals surface area (Å²) in [5, 5.41) is 0.499. The van der Waals surface area contributed by atoms with Crippen LogP contribution in [0.3, 0.4) is 0 Å². The van der Waals surface area contributed by atoms with Crippen LogP contribution < -0.4 is 0 Å². The Labute approximate surface area is 129 Å². The lowest BCUT2D eigenvalue weighted by Gasteiger charge is -2.08. The molecule has 4 heteroatoms. The fraction of sp³-hybridized carbons (Fsp3) is 0.235. The average molecular weight is 299 g/mol. The molecule has 0 aliphatic rings. The second-order valence-electron chi connectivity index (χ2n) is 5.36. The van der Waals surface area contributed by atoms with E-state index in [0.29, 0.717) is 17.5 Å². The minimum absolute atomic E-state index is 0.393. The van der Waals surface area contributed by atoms with Gasteiger partial charge in [0.05, 0.1) is 5.69 Å². The Balaban J connectivity index is 1.95. The maximum atomic E-state index is 6.17. The van der Waals surface area contributed by atoms with Crippen molar-refractivity contribution in [3.8, 4) is 0 Å². The van der Waals surface area contributed by atoms with E-state index >= 15 is 0 Å². The van der Waals surface area contributed by atoms with Crippen LogP contribution in [0.25, 0.3) is 5.65 Å².